The van der Waals surface area contributed by atoms with E-state index in [1.54, 1.807) is 17.1 Å². The van der Waals surface area contributed by atoms with Gasteiger partial charge < -0.3 is 5.73 Å². The second-order valence-electron chi connectivity index (χ2n) is 3.84. The molecule has 0 saturated carbocycles. The lowest BCUT2D eigenvalue weighted by atomic mass is 10.1. The highest BCUT2D eigenvalue weighted by Gasteiger charge is 2.10. The summed E-state index contributed by atoms with van der Waals surface area (Å²) in [4.78, 5) is 4.08. The number of nitrogens with two attached hydrogens (primary N) is 1. The first-order chi connectivity index (χ1) is 8.20. The van der Waals surface area contributed by atoms with E-state index in [0.29, 0.717) is 0 Å². The van der Waals surface area contributed by atoms with E-state index in [2.05, 4.69) is 38.1 Å². The molecule has 2 rings (SSSR count). The highest BCUT2D eigenvalue weighted by Crippen LogP contribution is 2.16. The molecule has 5 nitrogen and oxygen atoms in total. The normalized spacial score (nSPS) is 12.6. The average molecular weight is 296 g/mol. The predicted molar refractivity (Wildman–Crippen MR) is 68.7 cm³/mol. The maximum Gasteiger partial charge on any atom is 0.0998 e. The first kappa shape index (κ1) is 12.2. The summed E-state index contributed by atoms with van der Waals surface area (Å²) in [5, 5.41) is 8.14. The van der Waals surface area contributed by atoms with Crippen molar-refractivity contribution < 1.29 is 0 Å². The average Bonchev–Trinajstić information content (AvgIpc) is 2.78. The maximum atomic E-state index is 5.99. The molecule has 0 aliphatic carbocycles. The largest absolute Gasteiger partial charge is 0.323 e. The van der Waals surface area contributed by atoms with Crippen LogP contribution in [0.5, 0.6) is 0 Å². The lowest BCUT2D eigenvalue weighted by molar-refractivity contribution is 0.619. The smallest absolute Gasteiger partial charge is 0.0998 e. The minimum Gasteiger partial charge on any atom is -0.323 e. The molecule has 2 aromatic rings. The molecule has 0 fully saturated rings. The third-order valence-electron chi connectivity index (χ3n) is 2.45. The molecule has 1 unspecified atom stereocenters. The van der Waals surface area contributed by atoms with E-state index in [1.807, 2.05) is 12.3 Å². The van der Waals surface area contributed by atoms with Gasteiger partial charge in [-0.3, -0.25) is 4.98 Å². The van der Waals surface area contributed by atoms with Gasteiger partial charge in [0.05, 0.1) is 29.8 Å². The molecule has 2 aromatic heterocycles. The molecule has 2 N–H and O–H groups in total. The van der Waals surface area contributed by atoms with Crippen LogP contribution in [0.15, 0.2) is 29.1 Å². The van der Waals surface area contributed by atoms with Gasteiger partial charge >= 0.3 is 0 Å². The Kier molecular flexibility index (Phi) is 3.86. The zero-order chi connectivity index (χ0) is 12.3. The predicted octanol–water partition coefficient (Wildman–Crippen LogP) is 2.22. The van der Waals surface area contributed by atoms with E-state index < -0.39 is 0 Å². The third-order valence-corrected chi connectivity index (χ3v) is 2.88. The molecule has 0 saturated heterocycles. The highest BCUT2D eigenvalue weighted by atomic mass is 79.9. The molecule has 0 aliphatic heterocycles. The molecule has 0 aliphatic rings. The summed E-state index contributed by atoms with van der Waals surface area (Å²) in [6, 6.07) is 1.88. The van der Waals surface area contributed by atoms with Gasteiger partial charge in [-0.25, -0.2) is 4.68 Å². The Labute approximate surface area is 108 Å². The van der Waals surface area contributed by atoms with Crippen molar-refractivity contribution in [1.82, 2.24) is 20.0 Å². The summed E-state index contributed by atoms with van der Waals surface area (Å²) in [5.41, 5.74) is 7.66. The second-order valence-corrected chi connectivity index (χ2v) is 4.76. The van der Waals surface area contributed by atoms with Gasteiger partial charge in [0, 0.05) is 10.7 Å². The molecular weight excluding hydrogens is 282 g/mol. The van der Waals surface area contributed by atoms with E-state index in [1.165, 1.54) is 0 Å². The summed E-state index contributed by atoms with van der Waals surface area (Å²) >= 11 is 3.37. The lowest BCUT2D eigenvalue weighted by Gasteiger charge is -2.04. The zero-order valence-electron chi connectivity index (χ0n) is 9.55. The monoisotopic (exact) mass is 295 g/mol. The summed E-state index contributed by atoms with van der Waals surface area (Å²) in [7, 11) is 0. The van der Waals surface area contributed by atoms with Gasteiger partial charge in [0.15, 0.2) is 0 Å². The van der Waals surface area contributed by atoms with Gasteiger partial charge in [0.25, 0.3) is 0 Å². The topological polar surface area (TPSA) is 69.6 Å². The van der Waals surface area contributed by atoms with Crippen molar-refractivity contribution in [2.75, 3.05) is 0 Å². The fraction of sp³-hybridized carbons (Fsp3) is 0.364. The number of halogens is 1. The van der Waals surface area contributed by atoms with Crippen molar-refractivity contribution in [3.05, 3.63) is 34.8 Å². The van der Waals surface area contributed by atoms with Crippen molar-refractivity contribution in [2.45, 2.75) is 25.8 Å². The minimum absolute atomic E-state index is 0.0473. The van der Waals surface area contributed by atoms with Crippen molar-refractivity contribution in [2.24, 2.45) is 5.73 Å². The molecule has 90 valence electrons. The van der Waals surface area contributed by atoms with Crippen molar-refractivity contribution in [1.29, 1.82) is 0 Å². The van der Waals surface area contributed by atoms with E-state index in [0.717, 1.165) is 28.7 Å². The molecule has 0 aromatic carbocycles. The Morgan fingerprint density at radius 3 is 3.00 bits per heavy atom. The van der Waals surface area contributed by atoms with Crippen LogP contribution in [0.25, 0.3) is 5.69 Å². The SMILES string of the molecule is CCCC(N)c1cn(-c2cncc(Br)c2)nn1. The summed E-state index contributed by atoms with van der Waals surface area (Å²) in [5.74, 6) is 0. The van der Waals surface area contributed by atoms with Crippen LogP contribution in [0.3, 0.4) is 0 Å². The second kappa shape index (κ2) is 5.37. The van der Waals surface area contributed by atoms with Gasteiger partial charge in [0.2, 0.25) is 0 Å². The number of pyridine rings is 1. The highest BCUT2D eigenvalue weighted by molar-refractivity contribution is 9.10. The summed E-state index contributed by atoms with van der Waals surface area (Å²) < 4.78 is 2.59. The molecule has 2 heterocycles. The van der Waals surface area contributed by atoms with Crippen molar-refractivity contribution >= 4 is 15.9 Å². The Balaban J connectivity index is 2.23. The van der Waals surface area contributed by atoms with Crippen LogP contribution in [0.1, 0.15) is 31.5 Å². The molecule has 1 atom stereocenters. The van der Waals surface area contributed by atoms with Gasteiger partial charge in [-0.15, -0.1) is 5.10 Å². The van der Waals surface area contributed by atoms with Gasteiger partial charge in [-0.05, 0) is 28.4 Å². The molecule has 0 amide bonds. The van der Waals surface area contributed by atoms with E-state index in [-0.39, 0.29) is 6.04 Å². The third kappa shape index (κ3) is 2.89. The number of nitrogens with zero attached hydrogens (tertiary/aromatic N) is 4. The quantitative estimate of drug-likeness (QED) is 0.939. The van der Waals surface area contributed by atoms with E-state index in [9.17, 15) is 0 Å². The minimum atomic E-state index is -0.0473. The van der Waals surface area contributed by atoms with Crippen molar-refractivity contribution in [3.8, 4) is 5.69 Å². The molecular formula is C11H14BrN5. The molecule has 0 radical (unpaired) electrons. The van der Waals surface area contributed by atoms with Crippen molar-refractivity contribution in [3.63, 3.8) is 0 Å². The molecule has 6 heteroatoms. The Bertz CT molecular complexity index is 496. The lowest BCUT2D eigenvalue weighted by Crippen LogP contribution is -2.10. The summed E-state index contributed by atoms with van der Waals surface area (Å²) in [6.07, 6.45) is 7.25. The number of rotatable bonds is 4. The Hall–Kier alpha value is -1.27. The van der Waals surface area contributed by atoms with Crippen LogP contribution in [0.4, 0.5) is 0 Å². The standard InChI is InChI=1S/C11H14BrN5/c1-2-3-10(13)11-7-17(16-15-11)9-4-8(12)5-14-6-9/h4-7,10H,2-3,13H2,1H3. The van der Waals surface area contributed by atoms with Crippen LogP contribution in [-0.4, -0.2) is 20.0 Å². The molecule has 17 heavy (non-hydrogen) atoms. The Morgan fingerprint density at radius 1 is 1.47 bits per heavy atom. The molecule has 0 spiro atoms. The number of hydrogen-bond donors (Lipinski definition) is 1. The van der Waals surface area contributed by atoms with E-state index >= 15 is 0 Å². The van der Waals surface area contributed by atoms with Gasteiger partial charge in [0.1, 0.15) is 0 Å². The van der Waals surface area contributed by atoms with Gasteiger partial charge in [-0.1, -0.05) is 18.6 Å². The Morgan fingerprint density at radius 2 is 2.29 bits per heavy atom. The van der Waals surface area contributed by atoms with Crippen LogP contribution in [0.2, 0.25) is 0 Å². The molecule has 0 bridgehead atoms. The van der Waals surface area contributed by atoms with E-state index in [4.69, 9.17) is 5.73 Å². The summed E-state index contributed by atoms with van der Waals surface area (Å²) in [6.45, 7) is 2.10. The number of aromatic nitrogens is 4. The fourth-order valence-corrected chi connectivity index (χ4v) is 1.91. The zero-order valence-corrected chi connectivity index (χ0v) is 11.1. The van der Waals surface area contributed by atoms with Crippen LogP contribution in [-0.2, 0) is 0 Å². The fourth-order valence-electron chi connectivity index (χ4n) is 1.56. The first-order valence-corrected chi connectivity index (χ1v) is 6.28. The van der Waals surface area contributed by atoms with Crippen LogP contribution < -0.4 is 5.73 Å². The van der Waals surface area contributed by atoms with Crippen LogP contribution >= 0.6 is 15.9 Å². The van der Waals surface area contributed by atoms with Crippen LogP contribution in [0, 0.1) is 0 Å². The first-order valence-electron chi connectivity index (χ1n) is 5.49. The van der Waals surface area contributed by atoms with Gasteiger partial charge in [-0.2, -0.15) is 0 Å². The number of hydrogen-bond acceptors (Lipinski definition) is 4. The maximum absolute atomic E-state index is 5.99.